The van der Waals surface area contributed by atoms with Gasteiger partial charge in [-0.15, -0.1) is 0 Å². The molecule has 1 saturated heterocycles. The van der Waals surface area contributed by atoms with Crippen molar-refractivity contribution >= 4 is 5.91 Å². The van der Waals surface area contributed by atoms with Gasteiger partial charge in [0.15, 0.2) is 11.6 Å². The van der Waals surface area contributed by atoms with Gasteiger partial charge in [0.05, 0.1) is 13.2 Å². The Morgan fingerprint density at radius 2 is 2.33 bits per heavy atom. The Labute approximate surface area is 123 Å². The maximum absolute atomic E-state index is 13.5. The second kappa shape index (κ2) is 7.38. The highest BCUT2D eigenvalue weighted by atomic mass is 19.1. The number of methoxy groups -OCH3 is 1. The molecular weight excluding hydrogens is 275 g/mol. The SMILES string of the molecule is COc1ccc(CCC(=O)NCC2CNCC2O)cc1F. The van der Waals surface area contributed by atoms with Crippen molar-refractivity contribution in [1.82, 2.24) is 10.6 Å². The number of β-amino-alcohol motifs (C(OH)–C–C–N with tert-alkyl or cyclic N) is 1. The van der Waals surface area contributed by atoms with Gasteiger partial charge in [0.2, 0.25) is 5.91 Å². The van der Waals surface area contributed by atoms with Crippen LogP contribution in [0.2, 0.25) is 0 Å². The third-order valence-electron chi connectivity index (χ3n) is 3.72. The molecule has 1 aliphatic heterocycles. The number of carbonyl (C=O) groups excluding carboxylic acids is 1. The Morgan fingerprint density at radius 1 is 1.52 bits per heavy atom. The molecule has 1 aromatic rings. The summed E-state index contributed by atoms with van der Waals surface area (Å²) in [7, 11) is 1.41. The van der Waals surface area contributed by atoms with Crippen LogP contribution in [0.3, 0.4) is 0 Å². The van der Waals surface area contributed by atoms with Crippen LogP contribution in [0.1, 0.15) is 12.0 Å². The van der Waals surface area contributed by atoms with E-state index in [2.05, 4.69) is 10.6 Å². The third kappa shape index (κ3) is 4.41. The third-order valence-corrected chi connectivity index (χ3v) is 3.72. The van der Waals surface area contributed by atoms with Gasteiger partial charge in [-0.1, -0.05) is 6.07 Å². The van der Waals surface area contributed by atoms with Gasteiger partial charge in [-0.05, 0) is 24.1 Å². The van der Waals surface area contributed by atoms with Crippen molar-refractivity contribution in [3.63, 3.8) is 0 Å². The molecule has 1 fully saturated rings. The summed E-state index contributed by atoms with van der Waals surface area (Å²) >= 11 is 0. The normalized spacial score (nSPS) is 21.3. The molecule has 0 spiro atoms. The van der Waals surface area contributed by atoms with Crippen molar-refractivity contribution < 1.29 is 19.0 Å². The van der Waals surface area contributed by atoms with E-state index in [1.165, 1.54) is 13.2 Å². The van der Waals surface area contributed by atoms with Gasteiger partial charge >= 0.3 is 0 Å². The number of hydrogen-bond donors (Lipinski definition) is 3. The molecule has 3 N–H and O–H groups in total. The zero-order valence-corrected chi connectivity index (χ0v) is 12.1. The number of hydrogen-bond acceptors (Lipinski definition) is 4. The molecule has 2 atom stereocenters. The summed E-state index contributed by atoms with van der Waals surface area (Å²) in [4.78, 5) is 11.8. The van der Waals surface area contributed by atoms with E-state index < -0.39 is 11.9 Å². The Bertz CT molecular complexity index is 496. The fourth-order valence-electron chi connectivity index (χ4n) is 2.38. The number of nitrogens with one attached hydrogen (secondary N) is 2. The summed E-state index contributed by atoms with van der Waals surface area (Å²) in [5.41, 5.74) is 0.756. The number of benzene rings is 1. The highest BCUT2D eigenvalue weighted by molar-refractivity contribution is 5.76. The maximum atomic E-state index is 13.5. The number of amides is 1. The van der Waals surface area contributed by atoms with E-state index in [9.17, 15) is 14.3 Å². The van der Waals surface area contributed by atoms with Crippen LogP contribution in [-0.4, -0.2) is 43.9 Å². The molecule has 116 valence electrons. The molecule has 1 heterocycles. The topological polar surface area (TPSA) is 70.6 Å². The number of rotatable bonds is 6. The molecular formula is C15H21FN2O3. The van der Waals surface area contributed by atoms with Crippen LogP contribution in [0, 0.1) is 11.7 Å². The predicted molar refractivity (Wildman–Crippen MR) is 76.6 cm³/mol. The molecule has 6 heteroatoms. The smallest absolute Gasteiger partial charge is 0.220 e. The molecule has 0 aliphatic carbocycles. The Morgan fingerprint density at radius 3 is 2.95 bits per heavy atom. The summed E-state index contributed by atoms with van der Waals surface area (Å²) in [5.74, 6) is -0.251. The van der Waals surface area contributed by atoms with E-state index in [0.717, 1.165) is 5.56 Å². The zero-order chi connectivity index (χ0) is 15.2. The Balaban J connectivity index is 1.74. The Hall–Kier alpha value is -1.66. The van der Waals surface area contributed by atoms with Crippen LogP contribution in [0.25, 0.3) is 0 Å². The van der Waals surface area contributed by atoms with Gasteiger partial charge < -0.3 is 20.5 Å². The predicted octanol–water partition coefficient (Wildman–Crippen LogP) is 0.463. The highest BCUT2D eigenvalue weighted by Gasteiger charge is 2.24. The lowest BCUT2D eigenvalue weighted by atomic mass is 10.1. The molecule has 1 aromatic carbocycles. The largest absolute Gasteiger partial charge is 0.494 e. The average Bonchev–Trinajstić information content (AvgIpc) is 2.88. The minimum atomic E-state index is -0.421. The van der Waals surface area contributed by atoms with Crippen molar-refractivity contribution in [2.45, 2.75) is 18.9 Å². The van der Waals surface area contributed by atoms with Crippen molar-refractivity contribution in [3.8, 4) is 5.75 Å². The van der Waals surface area contributed by atoms with Crippen LogP contribution in [0.15, 0.2) is 18.2 Å². The lowest BCUT2D eigenvalue weighted by molar-refractivity contribution is -0.121. The fourth-order valence-corrected chi connectivity index (χ4v) is 2.38. The summed E-state index contributed by atoms with van der Waals surface area (Å²) in [6.45, 7) is 1.75. The molecule has 0 saturated carbocycles. The van der Waals surface area contributed by atoms with E-state index in [4.69, 9.17) is 4.74 Å². The summed E-state index contributed by atoms with van der Waals surface area (Å²) in [6.07, 6.45) is 0.362. The molecule has 0 radical (unpaired) electrons. The van der Waals surface area contributed by atoms with Crippen molar-refractivity contribution in [3.05, 3.63) is 29.6 Å². The summed E-state index contributed by atoms with van der Waals surface area (Å²) in [5, 5.41) is 15.5. The molecule has 2 unspecified atom stereocenters. The van der Waals surface area contributed by atoms with Gasteiger partial charge in [-0.3, -0.25) is 4.79 Å². The second-order valence-electron chi connectivity index (χ2n) is 5.26. The molecule has 21 heavy (non-hydrogen) atoms. The van der Waals surface area contributed by atoms with Gasteiger partial charge in [0.1, 0.15) is 0 Å². The first-order chi connectivity index (χ1) is 10.1. The molecule has 1 amide bonds. The number of carbonyl (C=O) groups is 1. The first-order valence-corrected chi connectivity index (χ1v) is 7.08. The molecule has 0 bridgehead atoms. The van der Waals surface area contributed by atoms with Gasteiger partial charge in [-0.25, -0.2) is 4.39 Å². The highest BCUT2D eigenvalue weighted by Crippen LogP contribution is 2.18. The molecule has 1 aliphatic rings. The molecule has 5 nitrogen and oxygen atoms in total. The number of halogens is 1. The van der Waals surface area contributed by atoms with E-state index in [1.807, 2.05) is 0 Å². The molecule has 2 rings (SSSR count). The monoisotopic (exact) mass is 296 g/mol. The first-order valence-electron chi connectivity index (χ1n) is 7.08. The average molecular weight is 296 g/mol. The number of ether oxygens (including phenoxy) is 1. The summed E-state index contributed by atoms with van der Waals surface area (Å²) in [6, 6.07) is 4.69. The van der Waals surface area contributed by atoms with Gasteiger partial charge in [0, 0.05) is 32.0 Å². The minimum absolute atomic E-state index is 0.0624. The fraction of sp³-hybridized carbons (Fsp3) is 0.533. The van der Waals surface area contributed by atoms with E-state index in [1.54, 1.807) is 12.1 Å². The summed E-state index contributed by atoms with van der Waals surface area (Å²) < 4.78 is 18.4. The van der Waals surface area contributed by atoms with Crippen LogP contribution < -0.4 is 15.4 Å². The van der Waals surface area contributed by atoms with Crippen LogP contribution >= 0.6 is 0 Å². The van der Waals surface area contributed by atoms with Crippen LogP contribution in [0.5, 0.6) is 5.75 Å². The number of aryl methyl sites for hydroxylation is 1. The second-order valence-corrected chi connectivity index (χ2v) is 5.26. The Kier molecular flexibility index (Phi) is 5.52. The van der Waals surface area contributed by atoms with Crippen molar-refractivity contribution in [2.24, 2.45) is 5.92 Å². The van der Waals surface area contributed by atoms with Crippen molar-refractivity contribution in [2.75, 3.05) is 26.7 Å². The lowest BCUT2D eigenvalue weighted by Crippen LogP contribution is -2.34. The quantitative estimate of drug-likeness (QED) is 0.713. The van der Waals surface area contributed by atoms with E-state index >= 15 is 0 Å². The van der Waals surface area contributed by atoms with Gasteiger partial charge in [0.25, 0.3) is 0 Å². The van der Waals surface area contributed by atoms with Gasteiger partial charge in [-0.2, -0.15) is 0 Å². The van der Waals surface area contributed by atoms with Crippen molar-refractivity contribution in [1.29, 1.82) is 0 Å². The standard InChI is InChI=1S/C15H21FN2O3/c1-21-14-4-2-10(6-12(14)16)3-5-15(20)18-8-11-7-17-9-13(11)19/h2,4,6,11,13,17,19H,3,5,7-9H2,1H3,(H,18,20). The van der Waals surface area contributed by atoms with E-state index in [0.29, 0.717) is 32.5 Å². The van der Waals surface area contributed by atoms with E-state index in [-0.39, 0.29) is 17.6 Å². The lowest BCUT2D eigenvalue weighted by Gasteiger charge is -2.14. The number of aliphatic hydroxyl groups is 1. The minimum Gasteiger partial charge on any atom is -0.494 e. The number of aliphatic hydroxyl groups excluding tert-OH is 1. The molecule has 0 aromatic heterocycles. The van der Waals surface area contributed by atoms with Crippen LogP contribution in [-0.2, 0) is 11.2 Å². The maximum Gasteiger partial charge on any atom is 0.220 e. The zero-order valence-electron chi connectivity index (χ0n) is 12.1. The first kappa shape index (κ1) is 15.7. The van der Waals surface area contributed by atoms with Crippen LogP contribution in [0.4, 0.5) is 4.39 Å².